The molecule has 0 fully saturated rings. The number of methoxy groups -OCH3 is 2. The summed E-state index contributed by atoms with van der Waals surface area (Å²) >= 11 is 0. The zero-order valence-corrected chi connectivity index (χ0v) is 16.1. The van der Waals surface area contributed by atoms with Crippen molar-refractivity contribution < 1.29 is 19.2 Å². The molecule has 0 bridgehead atoms. The zero-order valence-electron chi connectivity index (χ0n) is 16.1. The van der Waals surface area contributed by atoms with Crippen molar-refractivity contribution in [1.82, 2.24) is 20.1 Å². The molecule has 1 amide bonds. The van der Waals surface area contributed by atoms with E-state index in [0.29, 0.717) is 5.69 Å². The SMILES string of the molecule is COc1cc(C(=O)NCc2cc(-c3ccccn3)n(C)n2)c([N+](=O)[O-])cc1OC. The number of nitrogens with one attached hydrogen (secondary N) is 1. The minimum absolute atomic E-state index is 0.0883. The van der Waals surface area contributed by atoms with Gasteiger partial charge in [-0.05, 0) is 18.2 Å². The molecule has 0 aliphatic rings. The summed E-state index contributed by atoms with van der Waals surface area (Å²) in [5.74, 6) is -0.235. The van der Waals surface area contributed by atoms with Crippen molar-refractivity contribution in [2.45, 2.75) is 6.54 Å². The van der Waals surface area contributed by atoms with E-state index in [2.05, 4.69) is 15.4 Å². The van der Waals surface area contributed by atoms with Gasteiger partial charge in [-0.3, -0.25) is 24.6 Å². The number of aromatic nitrogens is 3. The van der Waals surface area contributed by atoms with E-state index >= 15 is 0 Å². The number of nitro benzene ring substituents is 1. The predicted molar refractivity (Wildman–Crippen MR) is 104 cm³/mol. The third-order valence-electron chi connectivity index (χ3n) is 4.23. The second-order valence-electron chi connectivity index (χ2n) is 6.02. The Kier molecular flexibility index (Phi) is 5.72. The van der Waals surface area contributed by atoms with Crippen LogP contribution in [0.25, 0.3) is 11.4 Å². The van der Waals surface area contributed by atoms with Crippen LogP contribution in [0.3, 0.4) is 0 Å². The molecule has 1 aromatic carbocycles. The lowest BCUT2D eigenvalue weighted by Crippen LogP contribution is -2.24. The fourth-order valence-corrected chi connectivity index (χ4v) is 2.83. The van der Waals surface area contributed by atoms with Gasteiger partial charge in [-0.1, -0.05) is 6.07 Å². The molecule has 0 aliphatic carbocycles. The van der Waals surface area contributed by atoms with E-state index in [-0.39, 0.29) is 29.3 Å². The lowest BCUT2D eigenvalue weighted by molar-refractivity contribution is -0.385. The average molecular weight is 397 g/mol. The molecule has 0 saturated carbocycles. The molecule has 0 spiro atoms. The van der Waals surface area contributed by atoms with Crippen LogP contribution < -0.4 is 14.8 Å². The van der Waals surface area contributed by atoms with Crippen LogP contribution in [0.4, 0.5) is 5.69 Å². The summed E-state index contributed by atoms with van der Waals surface area (Å²) in [7, 11) is 4.52. The number of aryl methyl sites for hydroxylation is 1. The smallest absolute Gasteiger partial charge is 0.286 e. The van der Waals surface area contributed by atoms with E-state index in [1.807, 2.05) is 18.2 Å². The van der Waals surface area contributed by atoms with Crippen LogP contribution in [0.5, 0.6) is 11.5 Å². The van der Waals surface area contributed by atoms with E-state index in [1.165, 1.54) is 20.3 Å². The monoisotopic (exact) mass is 397 g/mol. The average Bonchev–Trinajstić information content (AvgIpc) is 3.12. The number of hydrogen-bond donors (Lipinski definition) is 1. The second-order valence-corrected chi connectivity index (χ2v) is 6.02. The van der Waals surface area contributed by atoms with Crippen LogP contribution >= 0.6 is 0 Å². The number of carbonyl (C=O) groups excluding carboxylic acids is 1. The lowest BCUT2D eigenvalue weighted by atomic mass is 10.1. The highest BCUT2D eigenvalue weighted by Gasteiger charge is 2.24. The van der Waals surface area contributed by atoms with E-state index < -0.39 is 10.8 Å². The number of pyridine rings is 1. The highest BCUT2D eigenvalue weighted by molar-refractivity contribution is 5.99. The van der Waals surface area contributed by atoms with Gasteiger partial charge in [-0.15, -0.1) is 0 Å². The van der Waals surface area contributed by atoms with Crippen LogP contribution in [-0.4, -0.2) is 39.8 Å². The molecule has 3 aromatic rings. The van der Waals surface area contributed by atoms with E-state index in [1.54, 1.807) is 24.0 Å². The molecular formula is C19H19N5O5. The Bertz CT molecular complexity index is 1050. The Labute approximate surface area is 166 Å². The fraction of sp³-hybridized carbons (Fsp3) is 0.211. The fourth-order valence-electron chi connectivity index (χ4n) is 2.83. The molecule has 0 aliphatic heterocycles. The molecule has 0 radical (unpaired) electrons. The molecule has 150 valence electrons. The number of carbonyl (C=O) groups is 1. The van der Waals surface area contributed by atoms with Gasteiger partial charge in [0.1, 0.15) is 5.56 Å². The summed E-state index contributed by atoms with van der Waals surface area (Å²) < 4.78 is 11.9. The summed E-state index contributed by atoms with van der Waals surface area (Å²) in [5.41, 5.74) is 1.61. The van der Waals surface area contributed by atoms with Crippen LogP contribution in [-0.2, 0) is 13.6 Å². The zero-order chi connectivity index (χ0) is 21.0. The number of amides is 1. The van der Waals surface area contributed by atoms with Gasteiger partial charge in [-0.25, -0.2) is 0 Å². The quantitative estimate of drug-likeness (QED) is 0.480. The topological polar surface area (TPSA) is 121 Å². The first-order valence-electron chi connectivity index (χ1n) is 8.57. The van der Waals surface area contributed by atoms with Crippen molar-refractivity contribution in [2.75, 3.05) is 14.2 Å². The first-order chi connectivity index (χ1) is 13.9. The maximum Gasteiger partial charge on any atom is 0.286 e. The number of ether oxygens (including phenoxy) is 2. The molecule has 10 heteroatoms. The molecule has 0 atom stereocenters. The first-order valence-corrected chi connectivity index (χ1v) is 8.57. The van der Waals surface area contributed by atoms with Gasteiger partial charge in [0.25, 0.3) is 11.6 Å². The molecule has 3 rings (SSSR count). The van der Waals surface area contributed by atoms with Gasteiger partial charge in [-0.2, -0.15) is 5.10 Å². The maximum atomic E-state index is 12.6. The number of nitrogens with zero attached hydrogens (tertiary/aromatic N) is 4. The van der Waals surface area contributed by atoms with Crippen molar-refractivity contribution in [2.24, 2.45) is 7.05 Å². The Hall–Kier alpha value is -3.95. The number of benzene rings is 1. The van der Waals surface area contributed by atoms with Crippen molar-refractivity contribution in [3.63, 3.8) is 0 Å². The normalized spacial score (nSPS) is 10.4. The van der Waals surface area contributed by atoms with Crippen molar-refractivity contribution in [1.29, 1.82) is 0 Å². The third kappa shape index (κ3) is 4.15. The van der Waals surface area contributed by atoms with Crippen LogP contribution in [0, 0.1) is 10.1 Å². The van der Waals surface area contributed by atoms with Gasteiger partial charge in [0.2, 0.25) is 0 Å². The number of rotatable bonds is 7. The second kappa shape index (κ2) is 8.38. The Balaban J connectivity index is 1.82. The summed E-state index contributed by atoms with van der Waals surface area (Å²) in [4.78, 5) is 27.6. The minimum Gasteiger partial charge on any atom is -0.493 e. The van der Waals surface area contributed by atoms with Crippen LogP contribution in [0.1, 0.15) is 16.1 Å². The molecular weight excluding hydrogens is 378 g/mol. The summed E-state index contributed by atoms with van der Waals surface area (Å²) in [6.07, 6.45) is 1.68. The van der Waals surface area contributed by atoms with Gasteiger partial charge < -0.3 is 14.8 Å². The Morgan fingerprint density at radius 1 is 1.21 bits per heavy atom. The van der Waals surface area contributed by atoms with Gasteiger partial charge in [0.15, 0.2) is 11.5 Å². The first kappa shape index (κ1) is 19.8. The highest BCUT2D eigenvalue weighted by atomic mass is 16.6. The lowest BCUT2D eigenvalue weighted by Gasteiger charge is -2.10. The highest BCUT2D eigenvalue weighted by Crippen LogP contribution is 2.34. The number of hydrogen-bond acceptors (Lipinski definition) is 7. The molecule has 0 unspecified atom stereocenters. The van der Waals surface area contributed by atoms with Crippen molar-refractivity contribution >= 4 is 11.6 Å². The Morgan fingerprint density at radius 3 is 2.55 bits per heavy atom. The molecule has 2 heterocycles. The van der Waals surface area contributed by atoms with Crippen LogP contribution in [0.2, 0.25) is 0 Å². The number of nitro groups is 1. The molecule has 29 heavy (non-hydrogen) atoms. The molecule has 1 N–H and O–H groups in total. The van der Waals surface area contributed by atoms with Crippen molar-refractivity contribution in [3.05, 3.63) is 64.0 Å². The van der Waals surface area contributed by atoms with Gasteiger partial charge >= 0.3 is 0 Å². The predicted octanol–water partition coefficient (Wildman–Crippen LogP) is 2.34. The third-order valence-corrected chi connectivity index (χ3v) is 4.23. The standard InChI is InChI=1S/C19H19N5O5/c1-23-16(14-6-4-5-7-20-14)8-12(22-23)11-21-19(25)13-9-17(28-2)18(29-3)10-15(13)24(26)27/h4-10H,11H2,1-3H3,(H,21,25). The molecule has 2 aromatic heterocycles. The van der Waals surface area contributed by atoms with E-state index in [0.717, 1.165) is 17.5 Å². The molecule has 0 saturated heterocycles. The van der Waals surface area contributed by atoms with E-state index in [4.69, 9.17) is 9.47 Å². The maximum absolute atomic E-state index is 12.6. The van der Waals surface area contributed by atoms with Gasteiger partial charge in [0, 0.05) is 19.3 Å². The summed E-state index contributed by atoms with van der Waals surface area (Å²) in [5, 5.41) is 18.4. The Morgan fingerprint density at radius 2 is 1.93 bits per heavy atom. The van der Waals surface area contributed by atoms with E-state index in [9.17, 15) is 14.9 Å². The van der Waals surface area contributed by atoms with Crippen molar-refractivity contribution in [3.8, 4) is 22.9 Å². The summed E-state index contributed by atoms with van der Waals surface area (Å²) in [6, 6.07) is 9.78. The molecule has 10 nitrogen and oxygen atoms in total. The van der Waals surface area contributed by atoms with Crippen LogP contribution in [0.15, 0.2) is 42.6 Å². The minimum atomic E-state index is -0.642. The summed E-state index contributed by atoms with van der Waals surface area (Å²) in [6.45, 7) is 0.0883. The largest absolute Gasteiger partial charge is 0.493 e. The van der Waals surface area contributed by atoms with Gasteiger partial charge in [0.05, 0.1) is 48.8 Å².